The van der Waals surface area contributed by atoms with Gasteiger partial charge in [0.15, 0.2) is 11.4 Å². The highest BCUT2D eigenvalue weighted by atomic mass is 16.3. The number of hydrogen-bond acceptors (Lipinski definition) is 10. The van der Waals surface area contributed by atoms with Gasteiger partial charge in [-0.25, -0.2) is 4.79 Å². The molecule has 6 N–H and O–H groups in total. The topological polar surface area (TPSA) is 191 Å². The van der Waals surface area contributed by atoms with Crippen LogP contribution in [0.4, 0.5) is 5.69 Å². The molecule has 4 rings (SSSR count). The third kappa shape index (κ3) is 2.87. The summed E-state index contributed by atoms with van der Waals surface area (Å²) in [5, 5.41) is 43.5. The first kappa shape index (κ1) is 22.4. The van der Waals surface area contributed by atoms with Crippen molar-refractivity contribution < 1.29 is 39.6 Å². The van der Waals surface area contributed by atoms with E-state index in [9.17, 15) is 39.6 Å². The second kappa shape index (κ2) is 7.38. The fraction of sp³-hybridized carbons (Fsp3) is 0.364. The minimum atomic E-state index is -2.70. The number of phenols is 1. The minimum absolute atomic E-state index is 0.0451. The normalized spacial score (nSPS) is 28.8. The van der Waals surface area contributed by atoms with Gasteiger partial charge in [-0.1, -0.05) is 0 Å². The van der Waals surface area contributed by atoms with Crippen molar-refractivity contribution in [1.82, 2.24) is 4.90 Å². The van der Waals surface area contributed by atoms with Crippen molar-refractivity contribution in [2.45, 2.75) is 24.5 Å². The predicted octanol–water partition coefficient (Wildman–Crippen LogP) is -0.0687. The Morgan fingerprint density at radius 2 is 1.91 bits per heavy atom. The zero-order valence-corrected chi connectivity index (χ0v) is 17.7. The first-order chi connectivity index (χ1) is 15.5. The summed E-state index contributed by atoms with van der Waals surface area (Å²) in [4.78, 5) is 54.4. The molecule has 0 bridgehead atoms. The second-order valence-corrected chi connectivity index (χ2v) is 8.62. The van der Waals surface area contributed by atoms with Crippen LogP contribution in [0.25, 0.3) is 5.76 Å². The van der Waals surface area contributed by atoms with Crippen molar-refractivity contribution >= 4 is 35.0 Å². The molecule has 0 radical (unpaired) electrons. The van der Waals surface area contributed by atoms with E-state index in [4.69, 9.17) is 5.73 Å². The highest BCUT2D eigenvalue weighted by molar-refractivity contribution is 6.24. The van der Waals surface area contributed by atoms with Crippen molar-refractivity contribution in [3.63, 3.8) is 0 Å². The van der Waals surface area contributed by atoms with E-state index < -0.39 is 58.0 Å². The molecule has 4 atom stereocenters. The third-order valence-electron chi connectivity index (χ3n) is 6.75. The first-order valence-electron chi connectivity index (χ1n) is 10.0. The Bertz CT molecular complexity index is 1240. The Morgan fingerprint density at radius 3 is 2.48 bits per heavy atom. The number of amides is 1. The fourth-order valence-electron chi connectivity index (χ4n) is 5.38. The number of Topliss-reactive ketones (excluding diaryl/α,β-unsaturated/α-hetero) is 2. The minimum Gasteiger partial charge on any atom is -0.508 e. The molecule has 11 nitrogen and oxygen atoms in total. The Kier molecular flexibility index (Phi) is 5.01. The Labute approximate surface area is 187 Å². The summed E-state index contributed by atoms with van der Waals surface area (Å²) in [5.41, 5.74) is 1.72. The third-order valence-corrected chi connectivity index (χ3v) is 6.75. The van der Waals surface area contributed by atoms with Crippen LogP contribution in [-0.4, -0.2) is 74.6 Å². The number of nitrogens with zero attached hydrogens (tertiary/aromatic N) is 2. The van der Waals surface area contributed by atoms with Crippen LogP contribution in [0, 0.1) is 11.8 Å². The average molecular weight is 455 g/mol. The molecule has 1 aromatic rings. The van der Waals surface area contributed by atoms with Gasteiger partial charge in [-0.05, 0) is 50.6 Å². The van der Waals surface area contributed by atoms with Gasteiger partial charge in [-0.3, -0.25) is 19.3 Å². The van der Waals surface area contributed by atoms with Gasteiger partial charge in [-0.2, -0.15) is 4.99 Å². The number of isocyanates is 1. The van der Waals surface area contributed by atoms with Gasteiger partial charge in [0.05, 0.1) is 17.3 Å². The van der Waals surface area contributed by atoms with Crippen molar-refractivity contribution in [2.75, 3.05) is 14.1 Å². The van der Waals surface area contributed by atoms with Crippen LogP contribution in [0.2, 0.25) is 0 Å². The molecule has 3 aliphatic rings. The largest absolute Gasteiger partial charge is 0.508 e. The summed E-state index contributed by atoms with van der Waals surface area (Å²) in [6, 6.07) is 1.37. The number of primary amides is 1. The Morgan fingerprint density at radius 1 is 1.24 bits per heavy atom. The number of aliphatic imine (C=N–C) groups is 1. The van der Waals surface area contributed by atoms with E-state index in [2.05, 4.69) is 4.99 Å². The molecule has 11 heteroatoms. The average Bonchev–Trinajstić information content (AvgIpc) is 2.72. The molecule has 1 amide bonds. The van der Waals surface area contributed by atoms with Gasteiger partial charge in [0.1, 0.15) is 22.8 Å². The summed E-state index contributed by atoms with van der Waals surface area (Å²) in [5.74, 6) is -7.33. The molecule has 1 fully saturated rings. The van der Waals surface area contributed by atoms with Crippen LogP contribution in [0.1, 0.15) is 17.5 Å². The molecule has 0 aromatic heterocycles. The number of fused-ring (bicyclic) bond motifs is 3. The van der Waals surface area contributed by atoms with E-state index >= 15 is 0 Å². The zero-order chi connectivity index (χ0) is 24.4. The van der Waals surface area contributed by atoms with E-state index in [1.807, 2.05) is 0 Å². The maximum absolute atomic E-state index is 13.6. The molecule has 1 saturated carbocycles. The standard InChI is InChI=1S/C22H21N3O8/c1-25(2)16-10-6-8-5-9-11(24-7-26)3-4-12(27)14(9)17(28)13(8)19(30)22(10,33)20(31)15(18(16)29)21(23)32/h3-4,8,10,16,27-28,31,33H,5-6H2,1-2H3,(H2,23,32)/t8-,10-,16-,22-/m0/s1. The molecule has 0 spiro atoms. The van der Waals surface area contributed by atoms with E-state index in [-0.39, 0.29) is 35.4 Å². The molecule has 0 unspecified atom stereocenters. The number of likely N-dealkylation sites (N-methyl/N-ethyl adjacent to an activating group) is 1. The van der Waals surface area contributed by atoms with Crippen LogP contribution < -0.4 is 5.73 Å². The van der Waals surface area contributed by atoms with Gasteiger partial charge < -0.3 is 26.2 Å². The lowest BCUT2D eigenvalue weighted by molar-refractivity contribution is -0.153. The fourth-order valence-corrected chi connectivity index (χ4v) is 5.38. The number of aliphatic hydroxyl groups excluding tert-OH is 2. The Hall–Kier alpha value is -3.79. The second-order valence-electron chi connectivity index (χ2n) is 8.62. The molecule has 3 aliphatic carbocycles. The number of phenolic OH excluding ortho intramolecular Hbond substituents is 1. The lowest BCUT2D eigenvalue weighted by Gasteiger charge is -2.50. The van der Waals surface area contributed by atoms with Gasteiger partial charge in [0.2, 0.25) is 11.9 Å². The first-order valence-corrected chi connectivity index (χ1v) is 10.0. The Balaban J connectivity index is 2.00. The van der Waals surface area contributed by atoms with E-state index in [1.165, 1.54) is 37.2 Å². The summed E-state index contributed by atoms with van der Waals surface area (Å²) in [6.45, 7) is 0. The van der Waals surface area contributed by atoms with Crippen molar-refractivity contribution in [3.8, 4) is 5.75 Å². The summed E-state index contributed by atoms with van der Waals surface area (Å²) >= 11 is 0. The van der Waals surface area contributed by atoms with Crippen LogP contribution >= 0.6 is 0 Å². The number of carbonyl (C=O) groups is 3. The SMILES string of the molecule is CN(C)[C@@H]1C(=O)C(C(N)=O)=C(O)[C@@]2(O)C(=O)C3=C(O)c4c(O)ccc(N=C=O)c4C[C@H]3C[C@@H]12. The number of nitrogens with two attached hydrogens (primary N) is 1. The van der Waals surface area contributed by atoms with Crippen LogP contribution in [0.3, 0.4) is 0 Å². The van der Waals surface area contributed by atoms with Gasteiger partial charge >= 0.3 is 0 Å². The smallest absolute Gasteiger partial charge is 0.255 e. The van der Waals surface area contributed by atoms with Crippen molar-refractivity contribution in [1.29, 1.82) is 0 Å². The highest BCUT2D eigenvalue weighted by Gasteiger charge is 2.64. The van der Waals surface area contributed by atoms with Crippen molar-refractivity contribution in [2.24, 2.45) is 22.6 Å². The predicted molar refractivity (Wildman–Crippen MR) is 112 cm³/mol. The highest BCUT2D eigenvalue weighted by Crippen LogP contribution is 2.53. The maximum Gasteiger partial charge on any atom is 0.255 e. The molecular formula is C22H21N3O8. The van der Waals surface area contributed by atoms with E-state index in [0.717, 1.165) is 0 Å². The molecule has 33 heavy (non-hydrogen) atoms. The van der Waals surface area contributed by atoms with Gasteiger partial charge in [0, 0.05) is 11.5 Å². The summed E-state index contributed by atoms with van der Waals surface area (Å²) < 4.78 is 0. The number of carbonyl (C=O) groups excluding carboxylic acids is 4. The molecule has 0 heterocycles. The van der Waals surface area contributed by atoms with E-state index in [0.29, 0.717) is 5.56 Å². The summed E-state index contributed by atoms with van der Waals surface area (Å²) in [7, 11) is 3.03. The molecule has 172 valence electrons. The zero-order valence-electron chi connectivity index (χ0n) is 17.7. The molecule has 0 saturated heterocycles. The molecule has 0 aliphatic heterocycles. The maximum atomic E-state index is 13.6. The molecule has 1 aromatic carbocycles. The lowest BCUT2D eigenvalue weighted by atomic mass is 9.57. The lowest BCUT2D eigenvalue weighted by Crippen LogP contribution is -2.65. The number of aliphatic hydroxyl groups is 3. The van der Waals surface area contributed by atoms with Crippen LogP contribution in [-0.2, 0) is 25.6 Å². The van der Waals surface area contributed by atoms with Gasteiger partial charge in [0.25, 0.3) is 5.91 Å². The summed E-state index contributed by atoms with van der Waals surface area (Å²) in [6.07, 6.45) is 1.40. The number of benzene rings is 1. The quantitative estimate of drug-likeness (QED) is 0.236. The van der Waals surface area contributed by atoms with Crippen LogP contribution in [0.15, 0.2) is 34.0 Å². The number of hydrogen-bond donors (Lipinski definition) is 5. The van der Waals surface area contributed by atoms with E-state index in [1.54, 1.807) is 0 Å². The van der Waals surface area contributed by atoms with Gasteiger partial charge in [-0.15, -0.1) is 0 Å². The number of rotatable bonds is 3. The molecular weight excluding hydrogens is 434 g/mol. The van der Waals surface area contributed by atoms with Crippen molar-refractivity contribution in [3.05, 3.63) is 40.2 Å². The number of aromatic hydroxyl groups is 1. The monoisotopic (exact) mass is 455 g/mol. The number of ketones is 2. The van der Waals surface area contributed by atoms with Crippen LogP contribution in [0.5, 0.6) is 5.75 Å².